The van der Waals surface area contributed by atoms with Gasteiger partial charge in [0, 0.05) is 18.8 Å². The molecule has 0 unspecified atom stereocenters. The maximum absolute atomic E-state index is 5.48. The Morgan fingerprint density at radius 3 is 2.47 bits per heavy atom. The Labute approximate surface area is 92.6 Å². The van der Waals surface area contributed by atoms with Gasteiger partial charge in [0.2, 0.25) is 0 Å². The standard InChI is InChI=1S/C13H21NO/c1-11(2)10-15-9-8-14-13-6-4-12(3)5-7-13/h4-7,11,14H,8-10H2,1-3H3. The first kappa shape index (κ1) is 12.1. The van der Waals surface area contributed by atoms with Crippen molar-refractivity contribution in [3.63, 3.8) is 0 Å². The van der Waals surface area contributed by atoms with Gasteiger partial charge in [-0.3, -0.25) is 0 Å². The van der Waals surface area contributed by atoms with Gasteiger partial charge in [0.05, 0.1) is 6.61 Å². The molecule has 1 N–H and O–H groups in total. The number of hydrogen-bond donors (Lipinski definition) is 1. The summed E-state index contributed by atoms with van der Waals surface area (Å²) in [7, 11) is 0. The van der Waals surface area contributed by atoms with Gasteiger partial charge in [-0.1, -0.05) is 31.5 Å². The summed E-state index contributed by atoms with van der Waals surface area (Å²) in [5.74, 6) is 0.615. The molecule has 0 fully saturated rings. The highest BCUT2D eigenvalue weighted by Crippen LogP contribution is 2.07. The zero-order valence-electron chi connectivity index (χ0n) is 9.92. The number of aryl methyl sites for hydroxylation is 1. The third-order valence-electron chi connectivity index (χ3n) is 2.08. The maximum atomic E-state index is 5.48. The molecule has 0 aliphatic rings. The summed E-state index contributed by atoms with van der Waals surface area (Å²) >= 11 is 0. The second kappa shape index (κ2) is 6.46. The summed E-state index contributed by atoms with van der Waals surface area (Å²) in [4.78, 5) is 0. The van der Waals surface area contributed by atoms with E-state index >= 15 is 0 Å². The van der Waals surface area contributed by atoms with E-state index in [1.165, 1.54) is 5.56 Å². The van der Waals surface area contributed by atoms with Crippen LogP contribution in [0, 0.1) is 12.8 Å². The van der Waals surface area contributed by atoms with Crippen LogP contribution in [0.3, 0.4) is 0 Å². The smallest absolute Gasteiger partial charge is 0.0639 e. The van der Waals surface area contributed by atoms with E-state index in [1.807, 2.05) is 0 Å². The Balaban J connectivity index is 2.12. The van der Waals surface area contributed by atoms with Crippen LogP contribution in [0.5, 0.6) is 0 Å². The van der Waals surface area contributed by atoms with Gasteiger partial charge in [-0.2, -0.15) is 0 Å². The van der Waals surface area contributed by atoms with Gasteiger partial charge in [-0.05, 0) is 25.0 Å². The molecule has 0 radical (unpaired) electrons. The molecular weight excluding hydrogens is 186 g/mol. The van der Waals surface area contributed by atoms with Gasteiger partial charge in [0.1, 0.15) is 0 Å². The van der Waals surface area contributed by atoms with Crippen LogP contribution in [0.1, 0.15) is 19.4 Å². The minimum Gasteiger partial charge on any atom is -0.383 e. The molecule has 0 heterocycles. The average molecular weight is 207 g/mol. The second-order valence-electron chi connectivity index (χ2n) is 4.26. The van der Waals surface area contributed by atoms with Crippen molar-refractivity contribution >= 4 is 5.69 Å². The molecule has 84 valence electrons. The molecule has 0 saturated carbocycles. The lowest BCUT2D eigenvalue weighted by Crippen LogP contribution is -2.11. The van der Waals surface area contributed by atoms with Gasteiger partial charge in [0.25, 0.3) is 0 Å². The van der Waals surface area contributed by atoms with Crippen molar-refractivity contribution in [2.45, 2.75) is 20.8 Å². The van der Waals surface area contributed by atoms with Crippen LogP contribution in [0.4, 0.5) is 5.69 Å². The molecule has 0 aliphatic carbocycles. The summed E-state index contributed by atoms with van der Waals surface area (Å²) in [5.41, 5.74) is 2.45. The Hall–Kier alpha value is -1.02. The Morgan fingerprint density at radius 1 is 1.20 bits per heavy atom. The highest BCUT2D eigenvalue weighted by Gasteiger charge is 1.94. The molecule has 1 aromatic carbocycles. The van der Waals surface area contributed by atoms with Crippen LogP contribution in [0.25, 0.3) is 0 Å². The van der Waals surface area contributed by atoms with Crippen LogP contribution in [-0.4, -0.2) is 19.8 Å². The zero-order chi connectivity index (χ0) is 11.1. The summed E-state index contributed by atoms with van der Waals surface area (Å²) in [5, 5.41) is 3.32. The van der Waals surface area contributed by atoms with Crippen molar-refractivity contribution in [3.05, 3.63) is 29.8 Å². The van der Waals surface area contributed by atoms with Gasteiger partial charge < -0.3 is 10.1 Å². The van der Waals surface area contributed by atoms with E-state index in [0.29, 0.717) is 5.92 Å². The first-order valence-corrected chi connectivity index (χ1v) is 5.57. The first-order valence-electron chi connectivity index (χ1n) is 5.57. The lowest BCUT2D eigenvalue weighted by Gasteiger charge is -2.09. The molecule has 0 bridgehead atoms. The van der Waals surface area contributed by atoms with Gasteiger partial charge >= 0.3 is 0 Å². The third-order valence-corrected chi connectivity index (χ3v) is 2.08. The number of benzene rings is 1. The topological polar surface area (TPSA) is 21.3 Å². The Kier molecular flexibility index (Phi) is 5.19. The van der Waals surface area contributed by atoms with Crippen LogP contribution in [-0.2, 0) is 4.74 Å². The maximum Gasteiger partial charge on any atom is 0.0639 e. The fourth-order valence-electron chi connectivity index (χ4n) is 1.26. The SMILES string of the molecule is Cc1ccc(NCCOCC(C)C)cc1. The Bertz CT molecular complexity index is 266. The van der Waals surface area contributed by atoms with E-state index in [2.05, 4.69) is 50.4 Å². The molecule has 0 atom stereocenters. The minimum absolute atomic E-state index is 0.615. The van der Waals surface area contributed by atoms with Crippen molar-refractivity contribution in [2.24, 2.45) is 5.92 Å². The number of nitrogens with one attached hydrogen (secondary N) is 1. The van der Waals surface area contributed by atoms with E-state index < -0.39 is 0 Å². The molecular formula is C13H21NO. The zero-order valence-corrected chi connectivity index (χ0v) is 9.92. The van der Waals surface area contributed by atoms with E-state index in [1.54, 1.807) is 0 Å². The third kappa shape index (κ3) is 5.43. The highest BCUT2D eigenvalue weighted by atomic mass is 16.5. The van der Waals surface area contributed by atoms with Crippen molar-refractivity contribution in [1.29, 1.82) is 0 Å². The van der Waals surface area contributed by atoms with Crippen molar-refractivity contribution in [1.82, 2.24) is 0 Å². The summed E-state index contributed by atoms with van der Waals surface area (Å²) in [6.07, 6.45) is 0. The molecule has 0 aliphatic heterocycles. The van der Waals surface area contributed by atoms with E-state index in [4.69, 9.17) is 4.74 Å². The minimum atomic E-state index is 0.615. The molecule has 0 saturated heterocycles. The predicted molar refractivity (Wildman–Crippen MR) is 65.3 cm³/mol. The van der Waals surface area contributed by atoms with Crippen LogP contribution in [0.15, 0.2) is 24.3 Å². The first-order chi connectivity index (χ1) is 7.18. The van der Waals surface area contributed by atoms with Gasteiger partial charge in [-0.15, -0.1) is 0 Å². The van der Waals surface area contributed by atoms with Crippen molar-refractivity contribution in [3.8, 4) is 0 Å². The second-order valence-corrected chi connectivity index (χ2v) is 4.26. The number of rotatable bonds is 6. The summed E-state index contributed by atoms with van der Waals surface area (Å²) < 4.78 is 5.48. The number of anilines is 1. The lowest BCUT2D eigenvalue weighted by atomic mass is 10.2. The lowest BCUT2D eigenvalue weighted by molar-refractivity contribution is 0.118. The van der Waals surface area contributed by atoms with Crippen LogP contribution in [0.2, 0.25) is 0 Å². The van der Waals surface area contributed by atoms with E-state index in [0.717, 1.165) is 25.4 Å². The molecule has 2 heteroatoms. The Morgan fingerprint density at radius 2 is 1.87 bits per heavy atom. The van der Waals surface area contributed by atoms with E-state index in [-0.39, 0.29) is 0 Å². The average Bonchev–Trinajstić information content (AvgIpc) is 2.20. The van der Waals surface area contributed by atoms with Gasteiger partial charge in [-0.25, -0.2) is 0 Å². The predicted octanol–water partition coefficient (Wildman–Crippen LogP) is 3.08. The monoisotopic (exact) mass is 207 g/mol. The van der Waals surface area contributed by atoms with Crippen molar-refractivity contribution in [2.75, 3.05) is 25.1 Å². The fraction of sp³-hybridized carbons (Fsp3) is 0.538. The number of ether oxygens (including phenoxy) is 1. The number of hydrogen-bond acceptors (Lipinski definition) is 2. The molecule has 0 amide bonds. The molecule has 1 rings (SSSR count). The molecule has 0 spiro atoms. The molecule has 1 aromatic rings. The quantitative estimate of drug-likeness (QED) is 0.724. The van der Waals surface area contributed by atoms with E-state index in [9.17, 15) is 0 Å². The van der Waals surface area contributed by atoms with Crippen LogP contribution < -0.4 is 5.32 Å². The summed E-state index contributed by atoms with van der Waals surface area (Å²) in [6, 6.07) is 8.41. The summed E-state index contributed by atoms with van der Waals surface area (Å²) in [6.45, 7) is 8.90. The molecule has 2 nitrogen and oxygen atoms in total. The van der Waals surface area contributed by atoms with Crippen LogP contribution >= 0.6 is 0 Å². The fourth-order valence-corrected chi connectivity index (χ4v) is 1.26. The molecule has 15 heavy (non-hydrogen) atoms. The normalized spacial score (nSPS) is 10.7. The highest BCUT2D eigenvalue weighted by molar-refractivity contribution is 5.44. The molecule has 0 aromatic heterocycles. The van der Waals surface area contributed by atoms with Gasteiger partial charge in [0.15, 0.2) is 0 Å². The largest absolute Gasteiger partial charge is 0.383 e. The van der Waals surface area contributed by atoms with Crippen molar-refractivity contribution < 1.29 is 4.74 Å².